The molecule has 3 rings (SSSR count). The zero-order chi connectivity index (χ0) is 21.0. The van der Waals surface area contributed by atoms with E-state index in [0.717, 1.165) is 43.9 Å². The van der Waals surface area contributed by atoms with Crippen LogP contribution in [0.3, 0.4) is 0 Å². The van der Waals surface area contributed by atoms with E-state index in [4.69, 9.17) is 11.6 Å². The Bertz CT molecular complexity index is 842. The van der Waals surface area contributed by atoms with Gasteiger partial charge in [-0.2, -0.15) is 13.2 Å². The monoisotopic (exact) mass is 424 g/mol. The molecule has 0 radical (unpaired) electrons. The van der Waals surface area contributed by atoms with Crippen molar-refractivity contribution in [1.82, 2.24) is 10.2 Å². The quantitative estimate of drug-likeness (QED) is 0.682. The molecule has 1 aliphatic heterocycles. The highest BCUT2D eigenvalue weighted by Crippen LogP contribution is 2.36. The van der Waals surface area contributed by atoms with Gasteiger partial charge < -0.3 is 10.2 Å². The first-order valence-electron chi connectivity index (χ1n) is 9.71. The molecule has 2 atom stereocenters. The number of carbonyl (C=O) groups excluding carboxylic acids is 1. The molecule has 1 amide bonds. The summed E-state index contributed by atoms with van der Waals surface area (Å²) in [6.45, 7) is 0.911. The van der Waals surface area contributed by atoms with E-state index in [-0.39, 0.29) is 17.6 Å². The second kappa shape index (κ2) is 9.18. The maximum Gasteiger partial charge on any atom is 0.417 e. The third kappa shape index (κ3) is 5.11. The summed E-state index contributed by atoms with van der Waals surface area (Å²) in [5.41, 5.74) is -0.254. The fraction of sp³-hybridized carbons (Fsp3) is 0.409. The number of nitrogens with one attached hydrogen (secondary N) is 1. The maximum absolute atomic E-state index is 13.2. The summed E-state index contributed by atoms with van der Waals surface area (Å²) in [6.07, 6.45) is -0.476. The molecule has 2 aromatic carbocycles. The summed E-state index contributed by atoms with van der Waals surface area (Å²) in [4.78, 5) is 15.2. The Morgan fingerprint density at radius 1 is 1.10 bits per heavy atom. The zero-order valence-electron chi connectivity index (χ0n) is 16.2. The predicted octanol–water partition coefficient (Wildman–Crippen LogP) is 5.70. The van der Waals surface area contributed by atoms with Gasteiger partial charge in [-0.15, -0.1) is 0 Å². The van der Waals surface area contributed by atoms with Gasteiger partial charge >= 0.3 is 6.18 Å². The van der Waals surface area contributed by atoms with E-state index in [1.54, 1.807) is 0 Å². The molecular formula is C22H24ClF3N2O. The predicted molar refractivity (Wildman–Crippen MR) is 108 cm³/mol. The standard InChI is InChI=1S/C22H24ClF3N2O/c1-28-14-7-3-6-13-18(28)20(15-9-4-2-5-10-15)27-21(29)16-11-8-12-17(19(16)23)22(24,25)26/h2,4-5,8-12,18,20H,3,6-7,13-14H2,1H3,(H,27,29)/t18-,20-/m0/s1. The average Bonchev–Trinajstić information content (AvgIpc) is 2.90. The minimum atomic E-state index is -4.62. The Kier molecular flexibility index (Phi) is 6.85. The van der Waals surface area contributed by atoms with Crippen LogP contribution in [0.5, 0.6) is 0 Å². The number of halogens is 4. The Morgan fingerprint density at radius 2 is 1.83 bits per heavy atom. The van der Waals surface area contributed by atoms with E-state index in [9.17, 15) is 18.0 Å². The van der Waals surface area contributed by atoms with Crippen LogP contribution in [-0.2, 0) is 6.18 Å². The van der Waals surface area contributed by atoms with E-state index < -0.39 is 22.7 Å². The van der Waals surface area contributed by atoms with Crippen molar-refractivity contribution in [3.05, 3.63) is 70.2 Å². The van der Waals surface area contributed by atoms with Crippen molar-refractivity contribution in [3.63, 3.8) is 0 Å². The first-order chi connectivity index (χ1) is 13.8. The minimum absolute atomic E-state index is 0.0495. The number of benzene rings is 2. The molecule has 0 unspecified atom stereocenters. The topological polar surface area (TPSA) is 32.3 Å². The van der Waals surface area contributed by atoms with Crippen LogP contribution < -0.4 is 5.32 Å². The zero-order valence-corrected chi connectivity index (χ0v) is 16.9. The normalized spacial score (nSPS) is 19.4. The largest absolute Gasteiger partial charge is 0.417 e. The number of hydrogen-bond donors (Lipinski definition) is 1. The molecule has 1 heterocycles. The first-order valence-corrected chi connectivity index (χ1v) is 10.1. The van der Waals surface area contributed by atoms with Gasteiger partial charge in [0, 0.05) is 6.04 Å². The van der Waals surface area contributed by atoms with Crippen molar-refractivity contribution in [2.45, 2.75) is 43.9 Å². The number of nitrogens with zero attached hydrogens (tertiary/aromatic N) is 1. The van der Waals surface area contributed by atoms with Gasteiger partial charge in [0.15, 0.2) is 0 Å². The van der Waals surface area contributed by atoms with Crippen molar-refractivity contribution in [2.24, 2.45) is 0 Å². The lowest BCUT2D eigenvalue weighted by molar-refractivity contribution is -0.137. The number of amides is 1. The van der Waals surface area contributed by atoms with E-state index in [2.05, 4.69) is 10.2 Å². The fourth-order valence-electron chi connectivity index (χ4n) is 3.91. The van der Waals surface area contributed by atoms with Crippen LogP contribution >= 0.6 is 11.6 Å². The van der Waals surface area contributed by atoms with E-state index in [1.165, 1.54) is 12.1 Å². The molecule has 2 aromatic rings. The summed E-state index contributed by atoms with van der Waals surface area (Å²) in [6, 6.07) is 12.6. The molecule has 1 aliphatic rings. The average molecular weight is 425 g/mol. The van der Waals surface area contributed by atoms with E-state index in [0.29, 0.717) is 0 Å². The molecule has 0 spiro atoms. The Labute approximate surface area is 173 Å². The highest BCUT2D eigenvalue weighted by Gasteiger charge is 2.35. The molecule has 0 aromatic heterocycles. The van der Waals surface area contributed by atoms with Crippen LogP contribution in [0, 0.1) is 0 Å². The van der Waals surface area contributed by atoms with Gasteiger partial charge in [0.2, 0.25) is 0 Å². The van der Waals surface area contributed by atoms with Crippen molar-refractivity contribution in [1.29, 1.82) is 0 Å². The van der Waals surface area contributed by atoms with Gasteiger partial charge in [0.1, 0.15) is 0 Å². The summed E-state index contributed by atoms with van der Waals surface area (Å²) < 4.78 is 39.6. The third-order valence-corrected chi connectivity index (χ3v) is 5.86. The molecule has 3 nitrogen and oxygen atoms in total. The highest BCUT2D eigenvalue weighted by atomic mass is 35.5. The Morgan fingerprint density at radius 3 is 2.52 bits per heavy atom. The lowest BCUT2D eigenvalue weighted by Gasteiger charge is -2.34. The second-order valence-corrected chi connectivity index (χ2v) is 7.80. The fourth-order valence-corrected chi connectivity index (χ4v) is 4.23. The van der Waals surface area contributed by atoms with Crippen LogP contribution in [0.2, 0.25) is 5.02 Å². The molecule has 0 aliphatic carbocycles. The molecule has 0 saturated carbocycles. The summed E-state index contributed by atoms with van der Waals surface area (Å²) >= 11 is 5.97. The van der Waals surface area contributed by atoms with Crippen LogP contribution in [0.15, 0.2) is 48.5 Å². The smallest absolute Gasteiger partial charge is 0.344 e. The Balaban J connectivity index is 1.93. The minimum Gasteiger partial charge on any atom is -0.344 e. The van der Waals surface area contributed by atoms with Crippen LogP contribution in [0.25, 0.3) is 0 Å². The lowest BCUT2D eigenvalue weighted by atomic mass is 9.94. The van der Waals surface area contributed by atoms with Gasteiger partial charge in [-0.3, -0.25) is 4.79 Å². The number of likely N-dealkylation sites (tertiary alicyclic amines) is 1. The molecule has 1 fully saturated rings. The highest BCUT2D eigenvalue weighted by molar-refractivity contribution is 6.34. The van der Waals surface area contributed by atoms with Gasteiger partial charge in [-0.25, -0.2) is 0 Å². The molecular weight excluding hydrogens is 401 g/mol. The second-order valence-electron chi connectivity index (χ2n) is 7.42. The lowest BCUT2D eigenvalue weighted by Crippen LogP contribution is -2.44. The summed E-state index contributed by atoms with van der Waals surface area (Å²) in [7, 11) is 2.02. The first kappa shape index (κ1) is 21.7. The number of alkyl halides is 3. The molecule has 1 saturated heterocycles. The van der Waals surface area contributed by atoms with Crippen LogP contribution in [-0.4, -0.2) is 30.4 Å². The molecule has 29 heavy (non-hydrogen) atoms. The van der Waals surface area contributed by atoms with Crippen LogP contribution in [0.4, 0.5) is 13.2 Å². The van der Waals surface area contributed by atoms with Crippen molar-refractivity contribution in [3.8, 4) is 0 Å². The molecule has 156 valence electrons. The van der Waals surface area contributed by atoms with Gasteiger partial charge in [-0.05, 0) is 44.1 Å². The van der Waals surface area contributed by atoms with Crippen molar-refractivity contribution < 1.29 is 18.0 Å². The molecule has 0 bridgehead atoms. The van der Waals surface area contributed by atoms with E-state index in [1.807, 2.05) is 37.4 Å². The molecule has 1 N–H and O–H groups in total. The summed E-state index contributed by atoms with van der Waals surface area (Å²) in [5, 5.41) is 2.39. The van der Waals surface area contributed by atoms with Crippen molar-refractivity contribution in [2.75, 3.05) is 13.6 Å². The van der Waals surface area contributed by atoms with Gasteiger partial charge in [0.05, 0.1) is 22.2 Å². The third-order valence-electron chi connectivity index (χ3n) is 5.46. The Hall–Kier alpha value is -2.05. The summed E-state index contributed by atoms with van der Waals surface area (Å²) in [5.74, 6) is -0.604. The number of likely N-dealkylation sites (N-methyl/N-ethyl adjacent to an activating group) is 1. The molecule has 7 heteroatoms. The SMILES string of the molecule is CN1CCCCC[C@H]1[C@@H](NC(=O)c1cccc(C(F)(F)F)c1Cl)c1ccccc1. The maximum atomic E-state index is 13.2. The van der Waals surface area contributed by atoms with Gasteiger partial charge in [-0.1, -0.05) is 60.8 Å². The number of carbonyl (C=O) groups is 1. The number of hydrogen-bond acceptors (Lipinski definition) is 2. The van der Waals surface area contributed by atoms with Crippen molar-refractivity contribution >= 4 is 17.5 Å². The van der Waals surface area contributed by atoms with Crippen LogP contribution in [0.1, 0.15) is 53.2 Å². The number of rotatable bonds is 4. The van der Waals surface area contributed by atoms with E-state index >= 15 is 0 Å². The van der Waals surface area contributed by atoms with Gasteiger partial charge in [0.25, 0.3) is 5.91 Å².